The standard InChI is InChI=1S/C20H27NO12/c1-10-4-12-6-15(33-20(31,32)18(26,27)17(24,25)19(28,29)30)3-2-11(12)5-13(10)7-21-8-14(9-21)16(22)23/h2-3,5-6,10,14,24-32H,4,7-9H2,1H3,(H,22,23). The molecule has 1 aliphatic heterocycles. The van der Waals surface area contributed by atoms with E-state index >= 15 is 0 Å². The van der Waals surface area contributed by atoms with Gasteiger partial charge in [0.25, 0.3) is 0 Å². The zero-order valence-electron chi connectivity index (χ0n) is 17.5. The highest BCUT2D eigenvalue weighted by atomic mass is 16.8. The van der Waals surface area contributed by atoms with Crippen LogP contribution in [0.1, 0.15) is 18.1 Å². The Kier molecular flexibility index (Phi) is 6.36. The average molecular weight is 473 g/mol. The molecular formula is C20H27NO12. The Morgan fingerprint density at radius 2 is 1.64 bits per heavy atom. The molecular weight excluding hydrogens is 446 g/mol. The second-order valence-corrected chi connectivity index (χ2v) is 8.60. The number of hydrogen-bond donors (Lipinski definition) is 10. The number of benzene rings is 1. The van der Waals surface area contributed by atoms with E-state index in [4.69, 9.17) is 20.4 Å². The first-order valence-electron chi connectivity index (χ1n) is 9.95. The van der Waals surface area contributed by atoms with E-state index in [0.717, 1.165) is 11.1 Å². The molecule has 1 unspecified atom stereocenters. The maximum atomic E-state index is 11.0. The number of carboxylic acids is 1. The molecule has 13 nitrogen and oxygen atoms in total. The van der Waals surface area contributed by atoms with Gasteiger partial charge in [-0.3, -0.25) is 9.69 Å². The second kappa shape index (κ2) is 8.25. The molecule has 0 bridgehead atoms. The quantitative estimate of drug-likeness (QED) is 0.164. The minimum atomic E-state index is -4.67. The molecule has 1 aromatic rings. The number of carbonyl (C=O) groups is 1. The van der Waals surface area contributed by atoms with Crippen molar-refractivity contribution in [1.82, 2.24) is 4.90 Å². The number of ether oxygens (including phenoxy) is 1. The topological polar surface area (TPSA) is 232 Å². The highest BCUT2D eigenvalue weighted by molar-refractivity contribution is 5.71. The first-order valence-corrected chi connectivity index (χ1v) is 9.95. The third kappa shape index (κ3) is 4.61. The number of fused-ring (bicyclic) bond motifs is 1. The Morgan fingerprint density at radius 3 is 2.18 bits per heavy atom. The van der Waals surface area contributed by atoms with Crippen molar-refractivity contribution in [2.75, 3.05) is 19.6 Å². The summed E-state index contributed by atoms with van der Waals surface area (Å²) >= 11 is 0. The molecule has 1 atom stereocenters. The lowest BCUT2D eigenvalue weighted by molar-refractivity contribution is -0.565. The van der Waals surface area contributed by atoms with Gasteiger partial charge in [0.2, 0.25) is 0 Å². The summed E-state index contributed by atoms with van der Waals surface area (Å²) in [5.41, 5.74) is 2.50. The fourth-order valence-electron chi connectivity index (χ4n) is 3.78. The molecule has 0 aromatic heterocycles. The van der Waals surface area contributed by atoms with E-state index in [1.807, 2.05) is 17.9 Å². The molecule has 0 radical (unpaired) electrons. The molecule has 1 saturated heterocycles. The average Bonchev–Trinajstić information content (AvgIpc) is 2.62. The molecule has 10 N–H and O–H groups in total. The van der Waals surface area contributed by atoms with Gasteiger partial charge in [0, 0.05) is 19.6 Å². The Bertz CT molecular complexity index is 943. The van der Waals surface area contributed by atoms with Gasteiger partial charge in [0.15, 0.2) is 0 Å². The van der Waals surface area contributed by atoms with E-state index in [1.54, 1.807) is 0 Å². The normalized spacial score (nSPS) is 20.7. The summed E-state index contributed by atoms with van der Waals surface area (Å²) in [5, 5.41) is 94.0. The maximum absolute atomic E-state index is 11.0. The monoisotopic (exact) mass is 473 g/mol. The smallest absolute Gasteiger partial charge is 0.385 e. The summed E-state index contributed by atoms with van der Waals surface area (Å²) in [6, 6.07) is 4.07. The molecule has 1 aromatic carbocycles. The molecule has 0 spiro atoms. The van der Waals surface area contributed by atoms with Gasteiger partial charge in [0.05, 0.1) is 5.92 Å². The number of aliphatic carboxylic acids is 1. The Balaban J connectivity index is 1.76. The van der Waals surface area contributed by atoms with Crippen LogP contribution >= 0.6 is 0 Å². The molecule has 1 fully saturated rings. The lowest BCUT2D eigenvalue weighted by Gasteiger charge is -2.43. The fourth-order valence-corrected chi connectivity index (χ4v) is 3.78. The van der Waals surface area contributed by atoms with E-state index in [-0.39, 0.29) is 17.6 Å². The summed E-state index contributed by atoms with van der Waals surface area (Å²) in [7, 11) is 0. The molecule has 184 valence electrons. The molecule has 33 heavy (non-hydrogen) atoms. The third-order valence-corrected chi connectivity index (χ3v) is 6.00. The minimum Gasteiger partial charge on any atom is -0.481 e. The number of aliphatic hydroxyl groups is 9. The van der Waals surface area contributed by atoms with Gasteiger partial charge >= 0.3 is 29.5 Å². The lowest BCUT2D eigenvalue weighted by Crippen LogP contribution is -2.77. The van der Waals surface area contributed by atoms with Crippen molar-refractivity contribution >= 4 is 12.0 Å². The number of likely N-dealkylation sites (tertiary alicyclic amines) is 1. The molecule has 3 rings (SSSR count). The van der Waals surface area contributed by atoms with E-state index in [9.17, 15) is 35.4 Å². The van der Waals surface area contributed by atoms with E-state index in [1.165, 1.54) is 18.2 Å². The molecule has 1 aliphatic carbocycles. The van der Waals surface area contributed by atoms with Gasteiger partial charge in [-0.2, -0.15) is 0 Å². The number of carboxylic acid groups (broad SMARTS) is 1. The van der Waals surface area contributed by atoms with Crippen LogP contribution in [0.3, 0.4) is 0 Å². The van der Waals surface area contributed by atoms with Crippen LogP contribution in [0, 0.1) is 11.8 Å². The summed E-state index contributed by atoms with van der Waals surface area (Å²) in [6.07, 6.45) is 2.39. The summed E-state index contributed by atoms with van der Waals surface area (Å²) in [6.45, 7) is 3.47. The van der Waals surface area contributed by atoms with Crippen LogP contribution in [0.15, 0.2) is 23.8 Å². The van der Waals surface area contributed by atoms with Gasteiger partial charge in [-0.25, -0.2) is 0 Å². The van der Waals surface area contributed by atoms with Crippen LogP contribution in [-0.2, 0) is 11.2 Å². The summed E-state index contributed by atoms with van der Waals surface area (Å²) in [5.74, 6) is -19.6. The number of rotatable bonds is 8. The van der Waals surface area contributed by atoms with Gasteiger partial charge < -0.3 is 55.8 Å². The van der Waals surface area contributed by atoms with Gasteiger partial charge in [-0.15, -0.1) is 0 Å². The SMILES string of the molecule is CC1Cc2cc(OC(O)(O)C(O)(O)C(O)(O)C(O)(O)O)ccc2C=C1CN1CC(C(=O)O)C1. The number of nitrogens with zero attached hydrogens (tertiary/aromatic N) is 1. The van der Waals surface area contributed by atoms with Gasteiger partial charge in [-0.05, 0) is 35.6 Å². The van der Waals surface area contributed by atoms with Crippen molar-refractivity contribution in [2.24, 2.45) is 11.8 Å². The largest absolute Gasteiger partial charge is 0.481 e. The number of hydrogen-bond acceptors (Lipinski definition) is 12. The zero-order valence-corrected chi connectivity index (χ0v) is 17.5. The van der Waals surface area contributed by atoms with Crippen LogP contribution in [0.4, 0.5) is 0 Å². The highest BCUT2D eigenvalue weighted by Crippen LogP contribution is 2.37. The maximum Gasteiger partial charge on any atom is 0.385 e. The van der Waals surface area contributed by atoms with E-state index < -0.39 is 29.5 Å². The first kappa shape index (κ1) is 25.5. The first-order chi connectivity index (χ1) is 15.0. The minimum absolute atomic E-state index is 0.0423. The highest BCUT2D eigenvalue weighted by Gasteiger charge is 2.72. The molecule has 2 aliphatic rings. The van der Waals surface area contributed by atoms with Crippen molar-refractivity contribution < 1.29 is 60.6 Å². The predicted octanol–water partition coefficient (Wildman–Crippen LogP) is -3.71. The Morgan fingerprint density at radius 1 is 1.03 bits per heavy atom. The van der Waals surface area contributed by atoms with Crippen molar-refractivity contribution in [1.29, 1.82) is 0 Å². The summed E-state index contributed by atoms with van der Waals surface area (Å²) < 4.78 is 4.67. The summed E-state index contributed by atoms with van der Waals surface area (Å²) in [4.78, 5) is 13.0. The van der Waals surface area contributed by atoms with Crippen LogP contribution < -0.4 is 4.74 Å². The van der Waals surface area contributed by atoms with Crippen molar-refractivity contribution in [3.8, 4) is 5.75 Å². The lowest BCUT2D eigenvalue weighted by atomic mass is 9.83. The molecule has 1 heterocycles. The molecule has 0 saturated carbocycles. The second-order valence-electron chi connectivity index (χ2n) is 8.60. The predicted molar refractivity (Wildman–Crippen MR) is 106 cm³/mol. The van der Waals surface area contributed by atoms with E-state index in [0.29, 0.717) is 31.6 Å². The Hall–Kier alpha value is -2.17. The van der Waals surface area contributed by atoms with Crippen LogP contribution in [0.2, 0.25) is 0 Å². The molecule has 13 heteroatoms. The van der Waals surface area contributed by atoms with Gasteiger partial charge in [0.1, 0.15) is 5.75 Å². The fraction of sp³-hybridized carbons (Fsp3) is 0.550. The molecule has 0 amide bonds. The zero-order chi connectivity index (χ0) is 25.0. The van der Waals surface area contributed by atoms with Crippen molar-refractivity contribution in [3.05, 3.63) is 34.9 Å². The van der Waals surface area contributed by atoms with Crippen molar-refractivity contribution in [3.63, 3.8) is 0 Å². The van der Waals surface area contributed by atoms with Crippen LogP contribution in [-0.4, -0.2) is 105 Å². The Labute approximate surface area is 187 Å². The van der Waals surface area contributed by atoms with Crippen molar-refractivity contribution in [2.45, 2.75) is 36.9 Å². The van der Waals surface area contributed by atoms with Crippen LogP contribution in [0.25, 0.3) is 6.08 Å². The van der Waals surface area contributed by atoms with Gasteiger partial charge in [-0.1, -0.05) is 24.6 Å². The third-order valence-electron chi connectivity index (χ3n) is 6.00. The van der Waals surface area contributed by atoms with Crippen LogP contribution in [0.5, 0.6) is 5.75 Å². The van der Waals surface area contributed by atoms with E-state index in [2.05, 4.69) is 4.74 Å².